The molecule has 0 atom stereocenters. The van der Waals surface area contributed by atoms with Crippen molar-refractivity contribution in [3.63, 3.8) is 0 Å². The van der Waals surface area contributed by atoms with Crippen LogP contribution in [0, 0.1) is 12.7 Å². The minimum atomic E-state index is -0.472. The molecule has 142 valence electrons. The second-order valence-corrected chi connectivity index (χ2v) is 6.07. The molecule has 7 nitrogen and oxygen atoms in total. The zero-order chi connectivity index (χ0) is 20.1. The average Bonchev–Trinajstić information content (AvgIpc) is 2.62. The number of nitrogens with zero attached hydrogens (tertiary/aromatic N) is 2. The van der Waals surface area contributed by atoms with Crippen LogP contribution < -0.4 is 16.0 Å². The van der Waals surface area contributed by atoms with Gasteiger partial charge in [-0.1, -0.05) is 6.07 Å². The van der Waals surface area contributed by atoms with Gasteiger partial charge < -0.3 is 16.0 Å². The largest absolute Gasteiger partial charge is 0.326 e. The molecule has 1 heterocycles. The van der Waals surface area contributed by atoms with Crippen LogP contribution in [-0.4, -0.2) is 21.8 Å². The first-order chi connectivity index (χ1) is 13.4. The Bertz CT molecular complexity index is 1020. The van der Waals surface area contributed by atoms with Crippen molar-refractivity contribution in [2.75, 3.05) is 16.0 Å². The molecule has 0 radical (unpaired) electrons. The number of aromatic nitrogens is 2. The van der Waals surface area contributed by atoms with Crippen LogP contribution in [0.5, 0.6) is 0 Å². The first-order valence-corrected chi connectivity index (χ1v) is 8.46. The zero-order valence-corrected chi connectivity index (χ0v) is 15.3. The maximum absolute atomic E-state index is 13.3. The second-order valence-electron chi connectivity index (χ2n) is 6.07. The van der Waals surface area contributed by atoms with Crippen LogP contribution in [0.3, 0.4) is 0 Å². The molecule has 0 saturated heterocycles. The van der Waals surface area contributed by atoms with Crippen LogP contribution in [0.2, 0.25) is 0 Å². The fraction of sp³-hybridized carbons (Fsp3) is 0.100. The molecule has 3 aromatic rings. The molecule has 0 aliphatic rings. The number of nitrogens with one attached hydrogen (secondary N) is 3. The molecule has 0 unspecified atom stereocenters. The molecular formula is C20H18FN5O2. The molecule has 0 aliphatic heterocycles. The van der Waals surface area contributed by atoms with Crippen molar-refractivity contribution in [3.05, 3.63) is 71.8 Å². The van der Waals surface area contributed by atoms with E-state index in [2.05, 4.69) is 25.9 Å². The smallest absolute Gasteiger partial charge is 0.274 e. The highest BCUT2D eigenvalue weighted by molar-refractivity contribution is 6.03. The molecule has 3 rings (SSSR count). The summed E-state index contributed by atoms with van der Waals surface area (Å²) in [7, 11) is 0. The van der Waals surface area contributed by atoms with Crippen molar-refractivity contribution in [1.29, 1.82) is 0 Å². The van der Waals surface area contributed by atoms with Crippen LogP contribution >= 0.6 is 0 Å². The van der Waals surface area contributed by atoms with Gasteiger partial charge in [0.25, 0.3) is 5.91 Å². The standard InChI is InChI=1S/C20H18FN5O2/c1-12-10-18(19(28)24-17-5-3-4-14(21)11-17)26-20(22-12)25-16-8-6-15(7-9-16)23-13(2)27/h3-11H,1-2H3,(H,23,27)(H,24,28)(H,22,25,26). The fourth-order valence-electron chi connectivity index (χ4n) is 2.47. The summed E-state index contributed by atoms with van der Waals surface area (Å²) >= 11 is 0. The van der Waals surface area contributed by atoms with Crippen molar-refractivity contribution in [2.24, 2.45) is 0 Å². The lowest BCUT2D eigenvalue weighted by Gasteiger charge is -2.10. The van der Waals surface area contributed by atoms with E-state index in [0.717, 1.165) is 0 Å². The minimum absolute atomic E-state index is 0.147. The number of carbonyl (C=O) groups is 2. The molecule has 0 saturated carbocycles. The highest BCUT2D eigenvalue weighted by Gasteiger charge is 2.12. The van der Waals surface area contributed by atoms with Gasteiger partial charge in [0, 0.05) is 29.7 Å². The maximum atomic E-state index is 13.3. The third-order valence-electron chi connectivity index (χ3n) is 3.63. The minimum Gasteiger partial charge on any atom is -0.326 e. The van der Waals surface area contributed by atoms with Gasteiger partial charge in [-0.2, -0.15) is 0 Å². The average molecular weight is 379 g/mol. The van der Waals surface area contributed by atoms with Crippen LogP contribution in [0.4, 0.5) is 27.4 Å². The van der Waals surface area contributed by atoms with Gasteiger partial charge in [0.1, 0.15) is 11.5 Å². The lowest BCUT2D eigenvalue weighted by atomic mass is 10.2. The molecule has 2 amide bonds. The third kappa shape index (κ3) is 5.10. The normalized spacial score (nSPS) is 10.2. The van der Waals surface area contributed by atoms with Gasteiger partial charge in [-0.15, -0.1) is 0 Å². The van der Waals surface area contributed by atoms with Gasteiger partial charge in [0.2, 0.25) is 11.9 Å². The second kappa shape index (κ2) is 8.26. The van der Waals surface area contributed by atoms with Crippen LogP contribution in [0.15, 0.2) is 54.6 Å². The van der Waals surface area contributed by atoms with Gasteiger partial charge in [-0.05, 0) is 55.5 Å². The van der Waals surface area contributed by atoms with E-state index in [0.29, 0.717) is 22.8 Å². The van der Waals surface area contributed by atoms with E-state index in [1.807, 2.05) is 0 Å². The quantitative estimate of drug-likeness (QED) is 0.625. The Hall–Kier alpha value is -3.81. The molecule has 0 bridgehead atoms. The summed E-state index contributed by atoms with van der Waals surface area (Å²) in [6, 6.07) is 14.1. The van der Waals surface area contributed by atoms with Crippen molar-refractivity contribution in [1.82, 2.24) is 9.97 Å². The van der Waals surface area contributed by atoms with E-state index in [1.54, 1.807) is 43.3 Å². The topological polar surface area (TPSA) is 96.0 Å². The monoisotopic (exact) mass is 379 g/mol. The summed E-state index contributed by atoms with van der Waals surface area (Å²) in [5.41, 5.74) is 2.43. The molecule has 0 fully saturated rings. The van der Waals surface area contributed by atoms with E-state index in [-0.39, 0.29) is 17.5 Å². The number of rotatable bonds is 5. The summed E-state index contributed by atoms with van der Waals surface area (Å²) in [5.74, 6) is -0.824. The summed E-state index contributed by atoms with van der Waals surface area (Å²) < 4.78 is 13.3. The SMILES string of the molecule is CC(=O)Nc1ccc(Nc2nc(C)cc(C(=O)Nc3cccc(F)c3)n2)cc1. The third-order valence-corrected chi connectivity index (χ3v) is 3.63. The molecule has 3 N–H and O–H groups in total. The number of hydrogen-bond acceptors (Lipinski definition) is 5. The Morgan fingerprint density at radius 3 is 2.29 bits per heavy atom. The van der Waals surface area contributed by atoms with E-state index >= 15 is 0 Å². The van der Waals surface area contributed by atoms with E-state index in [9.17, 15) is 14.0 Å². The van der Waals surface area contributed by atoms with Crippen LogP contribution in [-0.2, 0) is 4.79 Å². The van der Waals surface area contributed by atoms with Crippen LogP contribution in [0.25, 0.3) is 0 Å². The molecular weight excluding hydrogens is 361 g/mol. The van der Waals surface area contributed by atoms with Gasteiger partial charge in [-0.3, -0.25) is 9.59 Å². The van der Waals surface area contributed by atoms with Crippen molar-refractivity contribution in [3.8, 4) is 0 Å². The summed E-state index contributed by atoms with van der Waals surface area (Å²) in [4.78, 5) is 32.0. The highest BCUT2D eigenvalue weighted by atomic mass is 19.1. The van der Waals surface area contributed by atoms with E-state index in [1.165, 1.54) is 25.1 Å². The summed E-state index contributed by atoms with van der Waals surface area (Å²) in [6.45, 7) is 3.18. The Labute approximate surface area is 161 Å². The number of aryl methyl sites for hydroxylation is 1. The Kier molecular flexibility index (Phi) is 5.59. The summed E-state index contributed by atoms with van der Waals surface area (Å²) in [5, 5.41) is 8.30. The highest BCUT2D eigenvalue weighted by Crippen LogP contribution is 2.18. The first kappa shape index (κ1) is 19.0. The molecule has 0 aliphatic carbocycles. The number of halogens is 1. The van der Waals surface area contributed by atoms with E-state index in [4.69, 9.17) is 0 Å². The fourth-order valence-corrected chi connectivity index (χ4v) is 2.47. The van der Waals surface area contributed by atoms with Gasteiger partial charge in [0.15, 0.2) is 0 Å². The Morgan fingerprint density at radius 2 is 1.61 bits per heavy atom. The van der Waals surface area contributed by atoms with Crippen molar-refractivity contribution in [2.45, 2.75) is 13.8 Å². The predicted octanol–water partition coefficient (Wildman–Crippen LogP) is 3.88. The first-order valence-electron chi connectivity index (χ1n) is 8.46. The molecule has 1 aromatic heterocycles. The molecule has 2 aromatic carbocycles. The van der Waals surface area contributed by atoms with Gasteiger partial charge in [0.05, 0.1) is 0 Å². The lowest BCUT2D eigenvalue weighted by Crippen LogP contribution is -2.15. The summed E-state index contributed by atoms with van der Waals surface area (Å²) in [6.07, 6.45) is 0. The number of carbonyl (C=O) groups excluding carboxylic acids is 2. The van der Waals surface area contributed by atoms with Gasteiger partial charge in [-0.25, -0.2) is 14.4 Å². The lowest BCUT2D eigenvalue weighted by molar-refractivity contribution is -0.114. The molecule has 8 heteroatoms. The number of hydrogen-bond donors (Lipinski definition) is 3. The van der Waals surface area contributed by atoms with Crippen molar-refractivity contribution < 1.29 is 14.0 Å². The number of amides is 2. The maximum Gasteiger partial charge on any atom is 0.274 e. The van der Waals surface area contributed by atoms with Gasteiger partial charge >= 0.3 is 0 Å². The van der Waals surface area contributed by atoms with Crippen molar-refractivity contribution >= 4 is 34.8 Å². The Balaban J connectivity index is 1.75. The molecule has 0 spiro atoms. The zero-order valence-electron chi connectivity index (χ0n) is 15.3. The molecule has 28 heavy (non-hydrogen) atoms. The number of anilines is 4. The van der Waals surface area contributed by atoms with Crippen LogP contribution in [0.1, 0.15) is 23.1 Å². The predicted molar refractivity (Wildman–Crippen MR) is 105 cm³/mol. The van der Waals surface area contributed by atoms with E-state index < -0.39 is 11.7 Å². The Morgan fingerprint density at radius 1 is 0.893 bits per heavy atom. The number of benzene rings is 2.